The zero-order valence-electron chi connectivity index (χ0n) is 9.47. The molecular weight excluding hydrogens is 226 g/mol. The molecule has 0 saturated heterocycles. The number of thiazole rings is 1. The van der Waals surface area contributed by atoms with Crippen LogP contribution in [0.3, 0.4) is 0 Å². The summed E-state index contributed by atoms with van der Waals surface area (Å²) in [5.74, 6) is -0.0694. The van der Waals surface area contributed by atoms with Gasteiger partial charge in [0.2, 0.25) is 5.91 Å². The first-order valence-corrected chi connectivity index (χ1v) is 5.97. The number of methoxy groups -OCH3 is 1. The molecule has 0 spiro atoms. The van der Waals surface area contributed by atoms with Gasteiger partial charge < -0.3 is 15.8 Å². The number of rotatable bonds is 6. The Hall–Kier alpha value is -0.980. The number of nitrogens with zero attached hydrogens (tertiary/aromatic N) is 1. The van der Waals surface area contributed by atoms with Crippen molar-refractivity contribution in [2.24, 2.45) is 5.73 Å². The minimum Gasteiger partial charge on any atom is -0.380 e. The van der Waals surface area contributed by atoms with Gasteiger partial charge in [0, 0.05) is 25.2 Å². The van der Waals surface area contributed by atoms with Crippen LogP contribution in [0.2, 0.25) is 0 Å². The monoisotopic (exact) mass is 243 g/mol. The van der Waals surface area contributed by atoms with Crippen molar-refractivity contribution in [3.8, 4) is 0 Å². The number of hydrogen-bond acceptors (Lipinski definition) is 5. The van der Waals surface area contributed by atoms with Crippen molar-refractivity contribution in [3.05, 3.63) is 16.6 Å². The first kappa shape index (κ1) is 13.1. The normalized spacial score (nSPS) is 14.4. The number of amides is 1. The highest BCUT2D eigenvalue weighted by Gasteiger charge is 2.15. The molecule has 2 atom stereocenters. The van der Waals surface area contributed by atoms with E-state index in [-0.39, 0.29) is 24.5 Å². The molecule has 0 aromatic carbocycles. The summed E-state index contributed by atoms with van der Waals surface area (Å²) in [4.78, 5) is 15.7. The van der Waals surface area contributed by atoms with E-state index in [1.165, 1.54) is 11.3 Å². The van der Waals surface area contributed by atoms with Crippen LogP contribution in [0.5, 0.6) is 0 Å². The van der Waals surface area contributed by atoms with E-state index < -0.39 is 0 Å². The second-order valence-electron chi connectivity index (χ2n) is 3.46. The summed E-state index contributed by atoms with van der Waals surface area (Å²) in [5.41, 5.74) is 5.44. The fourth-order valence-electron chi connectivity index (χ4n) is 1.28. The minimum absolute atomic E-state index is 0.0669. The molecule has 1 aromatic rings. The van der Waals surface area contributed by atoms with Crippen LogP contribution in [0.1, 0.15) is 24.4 Å². The van der Waals surface area contributed by atoms with Crippen molar-refractivity contribution < 1.29 is 9.53 Å². The van der Waals surface area contributed by atoms with Crippen LogP contribution >= 0.6 is 11.3 Å². The maximum absolute atomic E-state index is 11.6. The molecule has 0 saturated carbocycles. The van der Waals surface area contributed by atoms with Crippen LogP contribution in [0, 0.1) is 0 Å². The molecule has 0 bridgehead atoms. The third-order valence-electron chi connectivity index (χ3n) is 2.21. The number of carbonyl (C=O) groups excluding carboxylic acids is 1. The van der Waals surface area contributed by atoms with Crippen molar-refractivity contribution >= 4 is 17.2 Å². The Morgan fingerprint density at radius 1 is 1.75 bits per heavy atom. The Morgan fingerprint density at radius 2 is 2.50 bits per heavy atom. The summed E-state index contributed by atoms with van der Waals surface area (Å²) in [6, 6.07) is -0.0669. The van der Waals surface area contributed by atoms with Crippen LogP contribution < -0.4 is 11.1 Å². The maximum atomic E-state index is 11.6. The largest absolute Gasteiger partial charge is 0.380 e. The predicted molar refractivity (Wildman–Crippen MR) is 63.1 cm³/mol. The van der Waals surface area contributed by atoms with Gasteiger partial charge in [-0.2, -0.15) is 0 Å². The van der Waals surface area contributed by atoms with Crippen LogP contribution in [0.4, 0.5) is 0 Å². The van der Waals surface area contributed by atoms with Crippen molar-refractivity contribution in [2.75, 3.05) is 13.7 Å². The van der Waals surface area contributed by atoms with Gasteiger partial charge in [0.1, 0.15) is 5.01 Å². The molecular formula is C10H17N3O2S. The number of hydrogen-bond donors (Lipinski definition) is 2. The number of carbonyl (C=O) groups is 1. The summed E-state index contributed by atoms with van der Waals surface area (Å²) in [7, 11) is 1.55. The molecule has 1 heterocycles. The summed E-state index contributed by atoms with van der Waals surface area (Å²) >= 11 is 1.52. The lowest BCUT2D eigenvalue weighted by Gasteiger charge is -2.15. The summed E-state index contributed by atoms with van der Waals surface area (Å²) in [6.45, 7) is 2.25. The molecule has 90 valence electrons. The lowest BCUT2D eigenvalue weighted by atomic mass is 10.2. The second-order valence-corrected chi connectivity index (χ2v) is 4.38. The van der Waals surface area contributed by atoms with E-state index in [1.807, 2.05) is 12.3 Å². The van der Waals surface area contributed by atoms with E-state index in [2.05, 4.69) is 10.3 Å². The molecule has 5 nitrogen and oxygen atoms in total. The van der Waals surface area contributed by atoms with Crippen molar-refractivity contribution in [3.63, 3.8) is 0 Å². The molecule has 0 aliphatic rings. The van der Waals surface area contributed by atoms with Crippen molar-refractivity contribution in [2.45, 2.75) is 25.5 Å². The Labute approximate surface area is 99.0 Å². The van der Waals surface area contributed by atoms with E-state index in [9.17, 15) is 4.79 Å². The Morgan fingerprint density at radius 3 is 3.00 bits per heavy atom. The zero-order chi connectivity index (χ0) is 12.0. The van der Waals surface area contributed by atoms with Crippen LogP contribution in [0.25, 0.3) is 0 Å². The molecule has 0 fully saturated rings. The molecule has 1 rings (SSSR count). The van der Waals surface area contributed by atoms with E-state index in [0.717, 1.165) is 5.01 Å². The minimum atomic E-state index is -0.219. The fourth-order valence-corrected chi connectivity index (χ4v) is 1.93. The standard InChI is InChI=1S/C10H17N3O2S/c1-7(10-12-3-4-16-10)13-9(14)5-8(6-11)15-2/h3-4,7-8H,5-6,11H2,1-2H3,(H,13,14). The molecule has 1 amide bonds. The Balaban J connectivity index is 2.39. The van der Waals surface area contributed by atoms with Gasteiger partial charge in [-0.25, -0.2) is 4.98 Å². The average molecular weight is 243 g/mol. The summed E-state index contributed by atoms with van der Waals surface area (Å²) < 4.78 is 5.04. The zero-order valence-corrected chi connectivity index (χ0v) is 10.3. The molecule has 16 heavy (non-hydrogen) atoms. The molecule has 1 aromatic heterocycles. The Kier molecular flexibility index (Phi) is 5.37. The highest BCUT2D eigenvalue weighted by Crippen LogP contribution is 2.14. The van der Waals surface area contributed by atoms with Gasteiger partial charge >= 0.3 is 0 Å². The summed E-state index contributed by atoms with van der Waals surface area (Å²) in [5, 5.41) is 5.64. The lowest BCUT2D eigenvalue weighted by Crippen LogP contribution is -2.33. The molecule has 2 unspecified atom stereocenters. The van der Waals surface area contributed by atoms with Gasteiger partial charge in [0.25, 0.3) is 0 Å². The SMILES string of the molecule is COC(CN)CC(=O)NC(C)c1nccs1. The topological polar surface area (TPSA) is 77.2 Å². The van der Waals surface area contributed by atoms with Crippen molar-refractivity contribution in [1.82, 2.24) is 10.3 Å². The molecule has 0 radical (unpaired) electrons. The highest BCUT2D eigenvalue weighted by molar-refractivity contribution is 7.09. The first-order chi connectivity index (χ1) is 7.67. The van der Waals surface area contributed by atoms with E-state index in [4.69, 9.17) is 10.5 Å². The van der Waals surface area contributed by atoms with Gasteiger partial charge in [0.05, 0.1) is 18.6 Å². The first-order valence-electron chi connectivity index (χ1n) is 5.09. The number of nitrogens with one attached hydrogen (secondary N) is 1. The number of nitrogens with two attached hydrogens (primary N) is 1. The number of aromatic nitrogens is 1. The molecule has 6 heteroatoms. The van der Waals surface area contributed by atoms with E-state index in [0.29, 0.717) is 6.54 Å². The predicted octanol–water partition coefficient (Wildman–Crippen LogP) is 0.684. The third kappa shape index (κ3) is 3.88. The van der Waals surface area contributed by atoms with E-state index in [1.54, 1.807) is 13.3 Å². The van der Waals surface area contributed by atoms with Crippen LogP contribution in [-0.2, 0) is 9.53 Å². The second kappa shape index (κ2) is 6.57. The highest BCUT2D eigenvalue weighted by atomic mass is 32.1. The molecule has 0 aliphatic heterocycles. The van der Waals surface area contributed by atoms with Crippen molar-refractivity contribution in [1.29, 1.82) is 0 Å². The maximum Gasteiger partial charge on any atom is 0.223 e. The molecule has 0 aliphatic carbocycles. The van der Waals surface area contributed by atoms with Gasteiger partial charge in [0.15, 0.2) is 0 Å². The van der Waals surface area contributed by atoms with Crippen LogP contribution in [-0.4, -0.2) is 30.6 Å². The van der Waals surface area contributed by atoms with Gasteiger partial charge in [-0.1, -0.05) is 0 Å². The van der Waals surface area contributed by atoms with E-state index >= 15 is 0 Å². The fraction of sp³-hybridized carbons (Fsp3) is 0.600. The summed E-state index contributed by atoms with van der Waals surface area (Å²) in [6.07, 6.45) is 1.78. The number of ether oxygens (including phenoxy) is 1. The Bertz CT molecular complexity index is 312. The van der Waals surface area contributed by atoms with Crippen LogP contribution in [0.15, 0.2) is 11.6 Å². The smallest absolute Gasteiger partial charge is 0.223 e. The third-order valence-corrected chi connectivity index (χ3v) is 3.17. The van der Waals surface area contributed by atoms with Gasteiger partial charge in [-0.05, 0) is 6.92 Å². The van der Waals surface area contributed by atoms with Gasteiger partial charge in [-0.3, -0.25) is 4.79 Å². The molecule has 3 N–H and O–H groups in total. The quantitative estimate of drug-likeness (QED) is 0.770. The lowest BCUT2D eigenvalue weighted by molar-refractivity contribution is -0.124. The average Bonchev–Trinajstić information content (AvgIpc) is 2.79. The van der Waals surface area contributed by atoms with Gasteiger partial charge in [-0.15, -0.1) is 11.3 Å².